The highest BCUT2D eigenvalue weighted by molar-refractivity contribution is 5.94. The minimum atomic E-state index is -0.545. The monoisotopic (exact) mass is 380 g/mol. The molecule has 1 aliphatic rings. The van der Waals surface area contributed by atoms with E-state index in [0.29, 0.717) is 23.6 Å². The van der Waals surface area contributed by atoms with Crippen molar-refractivity contribution in [1.82, 2.24) is 9.80 Å². The number of methoxy groups -OCH3 is 1. The number of urea groups is 1. The number of rotatable bonds is 5. The highest BCUT2D eigenvalue weighted by Crippen LogP contribution is 2.37. The summed E-state index contributed by atoms with van der Waals surface area (Å²) >= 11 is 0. The number of benzene rings is 2. The molecule has 146 valence electrons. The van der Waals surface area contributed by atoms with E-state index in [0.717, 1.165) is 11.1 Å². The zero-order valence-corrected chi connectivity index (χ0v) is 16.5. The third kappa shape index (κ3) is 3.71. The molecule has 0 bridgehead atoms. The largest absolute Gasteiger partial charge is 0.489 e. The molecule has 0 saturated heterocycles. The lowest BCUT2D eigenvalue weighted by Crippen LogP contribution is -2.47. The number of hydrogen-bond acceptors (Lipinski definition) is 4. The van der Waals surface area contributed by atoms with Gasteiger partial charge in [0.1, 0.15) is 12.4 Å². The minimum Gasteiger partial charge on any atom is -0.489 e. The van der Waals surface area contributed by atoms with E-state index in [1.807, 2.05) is 54.6 Å². The number of amides is 2. The second-order valence-corrected chi connectivity index (χ2v) is 6.69. The van der Waals surface area contributed by atoms with E-state index < -0.39 is 12.0 Å². The summed E-state index contributed by atoms with van der Waals surface area (Å²) in [4.78, 5) is 28.1. The lowest BCUT2D eigenvalue weighted by atomic mass is 9.93. The summed E-state index contributed by atoms with van der Waals surface area (Å²) in [5.41, 5.74) is 2.86. The Labute approximate surface area is 165 Å². The van der Waals surface area contributed by atoms with Crippen LogP contribution in [0.15, 0.2) is 65.9 Å². The fraction of sp³-hybridized carbons (Fsp3) is 0.273. The molecule has 0 fully saturated rings. The van der Waals surface area contributed by atoms with Crippen LogP contribution in [0.2, 0.25) is 0 Å². The van der Waals surface area contributed by atoms with Crippen molar-refractivity contribution in [3.05, 3.63) is 77.0 Å². The van der Waals surface area contributed by atoms with E-state index >= 15 is 0 Å². The van der Waals surface area contributed by atoms with Gasteiger partial charge in [-0.25, -0.2) is 9.59 Å². The number of carbonyl (C=O) groups is 2. The minimum absolute atomic E-state index is 0.189. The summed E-state index contributed by atoms with van der Waals surface area (Å²) < 4.78 is 10.9. The molecule has 0 saturated carbocycles. The molecule has 2 amide bonds. The molecule has 0 spiro atoms. The fourth-order valence-electron chi connectivity index (χ4n) is 3.34. The third-order valence-corrected chi connectivity index (χ3v) is 4.97. The summed E-state index contributed by atoms with van der Waals surface area (Å²) in [5.74, 6) is 0.215. The summed E-state index contributed by atoms with van der Waals surface area (Å²) in [7, 11) is 4.67. The molecule has 6 nitrogen and oxygen atoms in total. The second kappa shape index (κ2) is 8.17. The van der Waals surface area contributed by atoms with Crippen LogP contribution >= 0.6 is 0 Å². The number of carbonyl (C=O) groups excluding carboxylic acids is 2. The molecular weight excluding hydrogens is 356 g/mol. The van der Waals surface area contributed by atoms with Crippen molar-refractivity contribution < 1.29 is 19.1 Å². The van der Waals surface area contributed by atoms with Crippen LogP contribution < -0.4 is 4.74 Å². The van der Waals surface area contributed by atoms with Crippen LogP contribution in [-0.4, -0.2) is 43.0 Å². The van der Waals surface area contributed by atoms with E-state index in [2.05, 4.69) is 0 Å². The van der Waals surface area contributed by atoms with Gasteiger partial charge in [0, 0.05) is 19.8 Å². The molecule has 2 aromatic rings. The molecular formula is C22H24N2O4. The molecule has 0 radical (unpaired) electrons. The Morgan fingerprint density at radius 3 is 2.46 bits per heavy atom. The van der Waals surface area contributed by atoms with Gasteiger partial charge in [0.25, 0.3) is 0 Å². The maximum atomic E-state index is 12.6. The standard InChI is InChI=1S/C22H24N2O4/c1-15-19(21(25)27-4)20(24(3)22(26)23(15)2)17-11-8-12-18(13-17)28-14-16-9-6-5-7-10-16/h5-13,20H,14H2,1-4H3/t20-/m0/s1. The summed E-state index contributed by atoms with van der Waals surface area (Å²) in [5, 5.41) is 0. The van der Waals surface area contributed by atoms with Crippen LogP contribution in [0.3, 0.4) is 0 Å². The normalized spacial score (nSPS) is 17.0. The van der Waals surface area contributed by atoms with Crippen LogP contribution in [0.25, 0.3) is 0 Å². The Bertz CT molecular complexity index is 908. The smallest absolute Gasteiger partial charge is 0.337 e. The highest BCUT2D eigenvalue weighted by atomic mass is 16.5. The number of likely N-dealkylation sites (N-methyl/N-ethyl adjacent to an activating group) is 1. The van der Waals surface area contributed by atoms with Crippen LogP contribution in [0, 0.1) is 0 Å². The van der Waals surface area contributed by atoms with Gasteiger partial charge in [0.05, 0.1) is 18.7 Å². The first-order chi connectivity index (χ1) is 13.4. The van der Waals surface area contributed by atoms with Gasteiger partial charge in [-0.05, 0) is 30.2 Å². The van der Waals surface area contributed by atoms with Crippen molar-refractivity contribution in [1.29, 1.82) is 0 Å². The lowest BCUT2D eigenvalue weighted by Gasteiger charge is -2.39. The Morgan fingerprint density at radius 2 is 1.79 bits per heavy atom. The quantitative estimate of drug-likeness (QED) is 0.742. The van der Waals surface area contributed by atoms with Gasteiger partial charge in [-0.2, -0.15) is 0 Å². The van der Waals surface area contributed by atoms with E-state index in [1.165, 1.54) is 16.9 Å². The maximum Gasteiger partial charge on any atom is 0.337 e. The number of esters is 1. The van der Waals surface area contributed by atoms with Gasteiger partial charge in [-0.15, -0.1) is 0 Å². The molecule has 2 aromatic carbocycles. The predicted molar refractivity (Wildman–Crippen MR) is 106 cm³/mol. The first-order valence-corrected chi connectivity index (χ1v) is 9.00. The Kier molecular flexibility index (Phi) is 5.68. The van der Waals surface area contributed by atoms with Gasteiger partial charge in [-0.3, -0.25) is 0 Å². The molecule has 0 N–H and O–H groups in total. The SMILES string of the molecule is COC(=O)C1=C(C)N(C)C(=O)N(C)[C@H]1c1cccc(OCc2ccccc2)c1. The molecule has 1 atom stereocenters. The topological polar surface area (TPSA) is 59.1 Å². The zero-order chi connectivity index (χ0) is 20.3. The Hall–Kier alpha value is -3.28. The number of ether oxygens (including phenoxy) is 2. The van der Waals surface area contributed by atoms with Crippen LogP contribution in [0.5, 0.6) is 5.75 Å². The van der Waals surface area contributed by atoms with Gasteiger partial charge in [0.15, 0.2) is 0 Å². The summed E-state index contributed by atoms with van der Waals surface area (Å²) in [6.07, 6.45) is 0. The highest BCUT2D eigenvalue weighted by Gasteiger charge is 2.39. The molecule has 28 heavy (non-hydrogen) atoms. The van der Waals surface area contributed by atoms with Crippen LogP contribution in [-0.2, 0) is 16.1 Å². The third-order valence-electron chi connectivity index (χ3n) is 4.97. The van der Waals surface area contributed by atoms with Crippen molar-refractivity contribution in [2.45, 2.75) is 19.6 Å². The molecule has 0 aromatic heterocycles. The average molecular weight is 380 g/mol. The predicted octanol–water partition coefficient (Wildman–Crippen LogP) is 3.75. The fourth-order valence-corrected chi connectivity index (χ4v) is 3.34. The van der Waals surface area contributed by atoms with Crippen molar-refractivity contribution >= 4 is 12.0 Å². The lowest BCUT2D eigenvalue weighted by molar-refractivity contribution is -0.137. The second-order valence-electron chi connectivity index (χ2n) is 6.69. The Balaban J connectivity index is 1.94. The van der Waals surface area contributed by atoms with Gasteiger partial charge < -0.3 is 19.3 Å². The van der Waals surface area contributed by atoms with E-state index in [4.69, 9.17) is 9.47 Å². The van der Waals surface area contributed by atoms with E-state index in [-0.39, 0.29) is 6.03 Å². The zero-order valence-electron chi connectivity index (χ0n) is 16.5. The average Bonchev–Trinajstić information content (AvgIpc) is 2.73. The molecule has 0 unspecified atom stereocenters. The first kappa shape index (κ1) is 19.5. The van der Waals surface area contributed by atoms with Crippen molar-refractivity contribution in [2.75, 3.05) is 21.2 Å². The van der Waals surface area contributed by atoms with Crippen molar-refractivity contribution in [3.63, 3.8) is 0 Å². The van der Waals surface area contributed by atoms with Gasteiger partial charge in [0.2, 0.25) is 0 Å². The first-order valence-electron chi connectivity index (χ1n) is 9.00. The molecule has 1 aliphatic heterocycles. The Morgan fingerprint density at radius 1 is 1.07 bits per heavy atom. The number of hydrogen-bond donors (Lipinski definition) is 0. The van der Waals surface area contributed by atoms with Crippen molar-refractivity contribution in [3.8, 4) is 5.75 Å². The van der Waals surface area contributed by atoms with E-state index in [1.54, 1.807) is 21.0 Å². The summed E-state index contributed by atoms with van der Waals surface area (Å²) in [6.45, 7) is 2.19. The van der Waals surface area contributed by atoms with Gasteiger partial charge in [-0.1, -0.05) is 42.5 Å². The van der Waals surface area contributed by atoms with Crippen LogP contribution in [0.1, 0.15) is 24.1 Å². The molecule has 0 aliphatic carbocycles. The summed E-state index contributed by atoms with van der Waals surface area (Å²) in [6, 6.07) is 16.6. The van der Waals surface area contributed by atoms with Crippen LogP contribution in [0.4, 0.5) is 4.79 Å². The number of nitrogens with zero attached hydrogens (tertiary/aromatic N) is 2. The number of allylic oxidation sites excluding steroid dienone is 1. The molecule has 6 heteroatoms. The van der Waals surface area contributed by atoms with Crippen molar-refractivity contribution in [2.24, 2.45) is 0 Å². The maximum absolute atomic E-state index is 12.6. The van der Waals surface area contributed by atoms with E-state index in [9.17, 15) is 9.59 Å². The molecule has 3 rings (SSSR count). The van der Waals surface area contributed by atoms with Gasteiger partial charge >= 0.3 is 12.0 Å². The molecule has 1 heterocycles.